The number of nitrogens with one attached hydrogen (secondary N) is 2. The number of fused-ring (bicyclic) bond motifs is 1. The molecule has 2 aliphatic rings. The van der Waals surface area contributed by atoms with Gasteiger partial charge in [0.15, 0.2) is 0 Å². The molecule has 0 bridgehead atoms. The van der Waals surface area contributed by atoms with Crippen molar-refractivity contribution in [2.45, 2.75) is 40.2 Å². The summed E-state index contributed by atoms with van der Waals surface area (Å²) in [4.78, 5) is 40.9. The Bertz CT molecular complexity index is 1280. The number of nitrogens with zero attached hydrogens (tertiary/aromatic N) is 2. The van der Waals surface area contributed by atoms with E-state index in [9.17, 15) is 18.8 Å². The van der Waals surface area contributed by atoms with Gasteiger partial charge in [-0.2, -0.15) is 0 Å². The summed E-state index contributed by atoms with van der Waals surface area (Å²) in [5.74, 6) is -1.57. The molecule has 0 spiro atoms. The maximum Gasteiger partial charge on any atom is 0.329 e. The van der Waals surface area contributed by atoms with Crippen LogP contribution < -0.4 is 15.5 Å². The van der Waals surface area contributed by atoms with Gasteiger partial charge in [0.05, 0.1) is 5.54 Å². The number of amides is 4. The molecule has 7 nitrogen and oxygen atoms in total. The Balaban J connectivity index is 1.56. The minimum atomic E-state index is -0.666. The average molecular weight is 477 g/mol. The second-order valence-electron chi connectivity index (χ2n) is 9.39. The molecule has 0 radical (unpaired) electrons. The summed E-state index contributed by atoms with van der Waals surface area (Å²) in [6, 6.07) is 8.71. The molecule has 0 atom stereocenters. The number of hydrogen-bond acceptors (Lipinski definition) is 4. The van der Waals surface area contributed by atoms with E-state index in [4.69, 9.17) is 0 Å². The third-order valence-corrected chi connectivity index (χ3v) is 6.37. The van der Waals surface area contributed by atoms with E-state index < -0.39 is 30.2 Å². The molecular weight excluding hydrogens is 447 g/mol. The fourth-order valence-corrected chi connectivity index (χ4v) is 4.73. The van der Waals surface area contributed by atoms with Gasteiger partial charge in [-0.25, -0.2) is 14.1 Å². The van der Waals surface area contributed by atoms with Crippen LogP contribution in [0.5, 0.6) is 0 Å². The van der Waals surface area contributed by atoms with E-state index >= 15 is 0 Å². The van der Waals surface area contributed by atoms with Crippen LogP contribution in [0, 0.1) is 12.7 Å². The van der Waals surface area contributed by atoms with Crippen LogP contribution in [-0.4, -0.2) is 41.4 Å². The Morgan fingerprint density at radius 3 is 2.49 bits per heavy atom. The van der Waals surface area contributed by atoms with Gasteiger partial charge >= 0.3 is 6.03 Å². The van der Waals surface area contributed by atoms with E-state index in [1.165, 1.54) is 24.3 Å². The zero-order chi connectivity index (χ0) is 25.5. The van der Waals surface area contributed by atoms with E-state index in [1.54, 1.807) is 6.08 Å². The Labute approximate surface area is 204 Å². The number of benzene rings is 2. The van der Waals surface area contributed by atoms with Gasteiger partial charge in [-0.3, -0.25) is 9.59 Å². The van der Waals surface area contributed by atoms with Crippen LogP contribution in [0.2, 0.25) is 0 Å². The number of rotatable bonds is 5. The number of hydrogen-bond donors (Lipinski definition) is 2. The monoisotopic (exact) mass is 476 g/mol. The number of halogens is 1. The van der Waals surface area contributed by atoms with E-state index in [0.29, 0.717) is 5.69 Å². The molecule has 0 saturated carbocycles. The Morgan fingerprint density at radius 2 is 1.83 bits per heavy atom. The zero-order valence-electron chi connectivity index (χ0n) is 20.5. The van der Waals surface area contributed by atoms with Gasteiger partial charge in [0, 0.05) is 23.5 Å². The van der Waals surface area contributed by atoms with Crippen molar-refractivity contribution in [2.75, 3.05) is 23.3 Å². The number of allylic oxidation sites excluding steroid dienone is 1. The number of imide groups is 1. The number of anilines is 2. The Kier molecular flexibility index (Phi) is 6.23. The molecule has 2 aromatic rings. The molecule has 35 heavy (non-hydrogen) atoms. The summed E-state index contributed by atoms with van der Waals surface area (Å²) < 4.78 is 13.1. The van der Waals surface area contributed by atoms with Crippen molar-refractivity contribution in [1.29, 1.82) is 0 Å². The second kappa shape index (κ2) is 9.02. The first-order valence-electron chi connectivity index (χ1n) is 11.5. The molecular formula is C27H29FN4O3. The number of urea groups is 1. The average Bonchev–Trinajstić information content (AvgIpc) is 3.03. The number of likely N-dealkylation sites (N-methyl/N-ethyl adjacent to an activating group) is 1. The van der Waals surface area contributed by atoms with Crippen LogP contribution in [-0.2, 0) is 9.59 Å². The molecule has 2 N–H and O–H groups in total. The molecule has 0 aliphatic carbocycles. The molecule has 2 heterocycles. The van der Waals surface area contributed by atoms with Crippen LogP contribution in [0.15, 0.2) is 48.2 Å². The van der Waals surface area contributed by atoms with E-state index in [-0.39, 0.29) is 11.2 Å². The number of carbonyl (C=O) groups excluding carboxylic acids is 3. The van der Waals surface area contributed by atoms with Crippen LogP contribution in [0.25, 0.3) is 11.6 Å². The van der Waals surface area contributed by atoms with E-state index in [2.05, 4.69) is 55.4 Å². The van der Waals surface area contributed by atoms with Gasteiger partial charge < -0.3 is 15.5 Å². The highest BCUT2D eigenvalue weighted by Gasteiger charge is 2.35. The predicted molar refractivity (Wildman–Crippen MR) is 135 cm³/mol. The van der Waals surface area contributed by atoms with E-state index in [1.807, 2.05) is 13.0 Å². The first-order valence-corrected chi connectivity index (χ1v) is 11.5. The van der Waals surface area contributed by atoms with Crippen molar-refractivity contribution in [3.05, 3.63) is 70.7 Å². The maximum atomic E-state index is 13.1. The summed E-state index contributed by atoms with van der Waals surface area (Å²) in [7, 11) is 0. The summed E-state index contributed by atoms with van der Waals surface area (Å²) in [6.45, 7) is 10.9. The van der Waals surface area contributed by atoms with Gasteiger partial charge in [0.2, 0.25) is 5.91 Å². The van der Waals surface area contributed by atoms with Crippen molar-refractivity contribution in [3.63, 3.8) is 0 Å². The standard InChI is InChI=1S/C27H29FN4O3/c1-6-32-23-11-16(2)18(12-21(23)17(3)14-27(32,4)5)13-22-25(34)31(26(35)30-22)15-24(33)29-20-9-7-19(28)8-10-20/h7-14H,6,15H2,1-5H3,(H,29,33)(H,30,35)/b22-13+. The SMILES string of the molecule is CCN1c2cc(C)c(/C=C3/NC(=O)N(CC(=O)Nc4ccc(F)cc4)C3=O)cc2C(C)=CC1(C)C. The van der Waals surface area contributed by atoms with Crippen molar-refractivity contribution >= 4 is 40.9 Å². The third kappa shape index (κ3) is 4.69. The first-order chi connectivity index (χ1) is 16.5. The largest absolute Gasteiger partial charge is 0.363 e. The minimum absolute atomic E-state index is 0.108. The lowest BCUT2D eigenvalue weighted by atomic mass is 9.87. The van der Waals surface area contributed by atoms with Gasteiger partial charge in [-0.1, -0.05) is 6.08 Å². The lowest BCUT2D eigenvalue weighted by Gasteiger charge is -2.43. The molecule has 0 unspecified atom stereocenters. The van der Waals surface area contributed by atoms with Gasteiger partial charge in [-0.15, -0.1) is 0 Å². The molecule has 4 amide bonds. The highest BCUT2D eigenvalue weighted by Crippen LogP contribution is 2.40. The normalized spacial score (nSPS) is 17.9. The van der Waals surface area contributed by atoms with Crippen LogP contribution >= 0.6 is 0 Å². The van der Waals surface area contributed by atoms with Crippen molar-refractivity contribution in [1.82, 2.24) is 10.2 Å². The molecule has 0 aromatic heterocycles. The first kappa shape index (κ1) is 24.2. The second-order valence-corrected chi connectivity index (χ2v) is 9.39. The molecule has 8 heteroatoms. The fraction of sp³-hybridized carbons (Fsp3) is 0.296. The Hall–Kier alpha value is -3.94. The summed E-state index contributed by atoms with van der Waals surface area (Å²) in [5, 5.41) is 5.13. The lowest BCUT2D eigenvalue weighted by Crippen LogP contribution is -2.44. The molecule has 2 aliphatic heterocycles. The summed E-state index contributed by atoms with van der Waals surface area (Å²) >= 11 is 0. The van der Waals surface area contributed by atoms with Gasteiger partial charge in [-0.05, 0) is 93.8 Å². The van der Waals surface area contributed by atoms with Crippen LogP contribution in [0.3, 0.4) is 0 Å². The van der Waals surface area contributed by atoms with Gasteiger partial charge in [0.25, 0.3) is 5.91 Å². The minimum Gasteiger partial charge on any atom is -0.363 e. The molecule has 1 saturated heterocycles. The fourth-order valence-electron chi connectivity index (χ4n) is 4.73. The van der Waals surface area contributed by atoms with Gasteiger partial charge in [0.1, 0.15) is 18.1 Å². The molecule has 4 rings (SSSR count). The highest BCUT2D eigenvalue weighted by atomic mass is 19.1. The summed E-state index contributed by atoms with van der Waals surface area (Å²) in [5.41, 5.74) is 5.52. The molecule has 1 fully saturated rings. The zero-order valence-corrected chi connectivity index (χ0v) is 20.5. The summed E-state index contributed by atoms with van der Waals surface area (Å²) in [6.07, 6.45) is 3.88. The van der Waals surface area contributed by atoms with Crippen molar-refractivity contribution < 1.29 is 18.8 Å². The van der Waals surface area contributed by atoms with Crippen LogP contribution in [0.1, 0.15) is 44.4 Å². The number of carbonyl (C=O) groups is 3. The van der Waals surface area contributed by atoms with Crippen molar-refractivity contribution in [2.24, 2.45) is 0 Å². The Morgan fingerprint density at radius 1 is 1.14 bits per heavy atom. The predicted octanol–water partition coefficient (Wildman–Crippen LogP) is 4.69. The van der Waals surface area contributed by atoms with Crippen molar-refractivity contribution in [3.8, 4) is 0 Å². The lowest BCUT2D eigenvalue weighted by molar-refractivity contribution is -0.127. The molecule has 182 valence electrons. The highest BCUT2D eigenvalue weighted by molar-refractivity contribution is 6.16. The topological polar surface area (TPSA) is 81.8 Å². The van der Waals surface area contributed by atoms with E-state index in [0.717, 1.165) is 39.4 Å². The molecule has 2 aromatic carbocycles. The van der Waals surface area contributed by atoms with Crippen LogP contribution in [0.4, 0.5) is 20.6 Å². The quantitative estimate of drug-likeness (QED) is 0.485. The number of aryl methyl sites for hydroxylation is 1. The third-order valence-electron chi connectivity index (χ3n) is 6.37. The maximum absolute atomic E-state index is 13.1. The smallest absolute Gasteiger partial charge is 0.329 e.